The van der Waals surface area contributed by atoms with Gasteiger partial charge in [0.2, 0.25) is 0 Å². The number of ether oxygens (including phenoxy) is 2. The first-order valence-electron chi connectivity index (χ1n) is 5.51. The van der Waals surface area contributed by atoms with Crippen LogP contribution in [0.4, 0.5) is 0 Å². The van der Waals surface area contributed by atoms with Gasteiger partial charge in [-0.3, -0.25) is 0 Å². The molecule has 1 aromatic heterocycles. The summed E-state index contributed by atoms with van der Waals surface area (Å²) in [6.07, 6.45) is 1.99. The Labute approximate surface area is 115 Å². The Balaban J connectivity index is 0.00000144. The molecule has 0 bridgehead atoms. The van der Waals surface area contributed by atoms with Crippen LogP contribution in [0.25, 0.3) is 0 Å². The van der Waals surface area contributed by atoms with Crippen molar-refractivity contribution in [2.24, 2.45) is 0 Å². The number of halogens is 1. The maximum absolute atomic E-state index is 11.4. The highest BCUT2D eigenvalue weighted by atomic mass is 79.9. The molecule has 1 aromatic rings. The van der Waals surface area contributed by atoms with Crippen LogP contribution >= 0.6 is 28.3 Å². The van der Waals surface area contributed by atoms with Crippen LogP contribution in [-0.2, 0) is 9.47 Å². The van der Waals surface area contributed by atoms with Crippen molar-refractivity contribution in [3.8, 4) is 0 Å². The fourth-order valence-electron chi connectivity index (χ4n) is 1.72. The number of carbonyl (C=O) groups is 1. The first kappa shape index (κ1) is 14.6. The third-order valence-electron chi connectivity index (χ3n) is 2.58. The summed E-state index contributed by atoms with van der Waals surface area (Å²) in [5.74, 6) is 0.124. The van der Waals surface area contributed by atoms with Gasteiger partial charge < -0.3 is 9.47 Å². The molecule has 2 rings (SSSR count). The third kappa shape index (κ3) is 3.76. The van der Waals surface area contributed by atoms with Crippen molar-refractivity contribution >= 4 is 34.3 Å². The van der Waals surface area contributed by atoms with Crippen LogP contribution in [-0.4, -0.2) is 30.8 Å². The van der Waals surface area contributed by atoms with E-state index in [0.29, 0.717) is 18.2 Å². The molecule has 0 saturated carbocycles. The van der Waals surface area contributed by atoms with Crippen molar-refractivity contribution in [1.29, 1.82) is 0 Å². The van der Waals surface area contributed by atoms with Gasteiger partial charge in [-0.05, 0) is 19.8 Å². The molecule has 1 fully saturated rings. The summed E-state index contributed by atoms with van der Waals surface area (Å²) in [4.78, 5) is 15.8. The number of nitrogens with zero attached hydrogens (tertiary/aromatic N) is 1. The van der Waals surface area contributed by atoms with Gasteiger partial charge in [0, 0.05) is 24.5 Å². The Bertz CT molecular complexity index is 363. The van der Waals surface area contributed by atoms with Crippen LogP contribution in [0.1, 0.15) is 41.2 Å². The highest BCUT2D eigenvalue weighted by Gasteiger charge is 2.21. The average Bonchev–Trinajstić information content (AvgIpc) is 2.80. The number of aromatic nitrogens is 1. The summed E-state index contributed by atoms with van der Waals surface area (Å²) in [6, 6.07) is 0. The van der Waals surface area contributed by atoms with Crippen molar-refractivity contribution in [3.63, 3.8) is 0 Å². The Morgan fingerprint density at radius 3 is 2.94 bits per heavy atom. The largest absolute Gasteiger partial charge is 0.461 e. The lowest BCUT2D eigenvalue weighted by Gasteiger charge is -2.19. The molecule has 0 N–H and O–H groups in total. The zero-order valence-corrected chi connectivity index (χ0v) is 12.2. The predicted octanol–water partition coefficient (Wildman–Crippen LogP) is 2.79. The van der Waals surface area contributed by atoms with Crippen molar-refractivity contribution in [3.05, 3.63) is 16.1 Å². The van der Waals surface area contributed by atoms with Gasteiger partial charge in [-0.1, -0.05) is 0 Å². The highest BCUT2D eigenvalue weighted by molar-refractivity contribution is 8.93. The highest BCUT2D eigenvalue weighted by Crippen LogP contribution is 2.29. The predicted molar refractivity (Wildman–Crippen MR) is 71.2 cm³/mol. The van der Waals surface area contributed by atoms with Crippen LogP contribution in [0.2, 0.25) is 0 Å². The van der Waals surface area contributed by atoms with Gasteiger partial charge >= 0.3 is 5.97 Å². The second-order valence-electron chi connectivity index (χ2n) is 3.68. The summed E-state index contributed by atoms with van der Waals surface area (Å²) in [5, 5.41) is 2.81. The molecule has 17 heavy (non-hydrogen) atoms. The second kappa shape index (κ2) is 7.08. The van der Waals surface area contributed by atoms with Crippen LogP contribution in [0.3, 0.4) is 0 Å². The molecule has 6 heteroatoms. The zero-order valence-electron chi connectivity index (χ0n) is 9.68. The first-order valence-corrected chi connectivity index (χ1v) is 6.39. The van der Waals surface area contributed by atoms with Crippen molar-refractivity contribution in [2.75, 3.05) is 19.8 Å². The molecule has 4 nitrogen and oxygen atoms in total. The number of esters is 1. The normalized spacial score (nSPS) is 16.3. The van der Waals surface area contributed by atoms with E-state index in [2.05, 4.69) is 4.98 Å². The van der Waals surface area contributed by atoms with Gasteiger partial charge in [0.05, 0.1) is 11.6 Å². The molecule has 1 aliphatic rings. The minimum Gasteiger partial charge on any atom is -0.461 e. The molecule has 0 radical (unpaired) electrons. The summed E-state index contributed by atoms with van der Waals surface area (Å²) in [7, 11) is 0. The van der Waals surface area contributed by atoms with Crippen LogP contribution in [0.5, 0.6) is 0 Å². The minimum absolute atomic E-state index is 0. The second-order valence-corrected chi connectivity index (χ2v) is 4.57. The van der Waals surface area contributed by atoms with E-state index in [1.165, 1.54) is 0 Å². The first-order chi connectivity index (χ1) is 7.81. The Morgan fingerprint density at radius 1 is 1.59 bits per heavy atom. The van der Waals surface area contributed by atoms with E-state index in [0.717, 1.165) is 31.1 Å². The lowest BCUT2D eigenvalue weighted by molar-refractivity contribution is 0.0519. The standard InChI is InChI=1S/C11H15NO3S.BrH/c1-2-15-11(13)9-7-16-10(12-9)8-3-5-14-6-4-8;/h7-8H,2-6H2,1H3;1H. The molecule has 1 aliphatic heterocycles. The molecule has 0 amide bonds. The lowest BCUT2D eigenvalue weighted by atomic mass is 10.0. The van der Waals surface area contributed by atoms with Crippen LogP contribution in [0, 0.1) is 0 Å². The number of thiazole rings is 1. The fraction of sp³-hybridized carbons (Fsp3) is 0.636. The molecule has 0 atom stereocenters. The van der Waals surface area contributed by atoms with E-state index >= 15 is 0 Å². The molecule has 96 valence electrons. The Morgan fingerprint density at radius 2 is 2.29 bits per heavy atom. The maximum atomic E-state index is 11.4. The molecule has 2 heterocycles. The molecule has 0 spiro atoms. The van der Waals surface area contributed by atoms with E-state index in [1.54, 1.807) is 23.6 Å². The van der Waals surface area contributed by atoms with Crippen molar-refractivity contribution in [2.45, 2.75) is 25.7 Å². The molecular weight excluding hydrogens is 306 g/mol. The van der Waals surface area contributed by atoms with Crippen molar-refractivity contribution in [1.82, 2.24) is 4.98 Å². The van der Waals surface area contributed by atoms with Crippen LogP contribution in [0.15, 0.2) is 5.38 Å². The van der Waals surface area contributed by atoms with Gasteiger partial charge in [0.15, 0.2) is 5.69 Å². The monoisotopic (exact) mass is 321 g/mol. The third-order valence-corrected chi connectivity index (χ3v) is 3.58. The Kier molecular flexibility index (Phi) is 6.08. The van der Waals surface area contributed by atoms with E-state index in [-0.39, 0.29) is 23.0 Å². The zero-order chi connectivity index (χ0) is 11.4. The van der Waals surface area contributed by atoms with Gasteiger partial charge in [-0.2, -0.15) is 0 Å². The average molecular weight is 322 g/mol. The Hall–Kier alpha value is -0.460. The SMILES string of the molecule is Br.CCOC(=O)c1csc(C2CCOCC2)n1. The quantitative estimate of drug-likeness (QED) is 0.803. The van der Waals surface area contributed by atoms with E-state index in [4.69, 9.17) is 9.47 Å². The van der Waals surface area contributed by atoms with Gasteiger partial charge in [-0.15, -0.1) is 28.3 Å². The summed E-state index contributed by atoms with van der Waals surface area (Å²) >= 11 is 1.54. The molecule has 0 aliphatic carbocycles. The van der Waals surface area contributed by atoms with E-state index in [9.17, 15) is 4.79 Å². The van der Waals surface area contributed by atoms with Gasteiger partial charge in [0.25, 0.3) is 0 Å². The smallest absolute Gasteiger partial charge is 0.357 e. The van der Waals surface area contributed by atoms with E-state index in [1.807, 2.05) is 0 Å². The molecule has 0 aromatic carbocycles. The summed E-state index contributed by atoms with van der Waals surface area (Å²) in [6.45, 7) is 3.77. The topological polar surface area (TPSA) is 48.4 Å². The van der Waals surface area contributed by atoms with Gasteiger partial charge in [0.1, 0.15) is 0 Å². The lowest BCUT2D eigenvalue weighted by Crippen LogP contribution is -2.14. The molecule has 1 saturated heterocycles. The number of hydrogen-bond acceptors (Lipinski definition) is 5. The van der Waals surface area contributed by atoms with E-state index < -0.39 is 0 Å². The number of rotatable bonds is 3. The van der Waals surface area contributed by atoms with Crippen molar-refractivity contribution < 1.29 is 14.3 Å². The molecular formula is C11H16BrNO3S. The number of hydrogen-bond donors (Lipinski definition) is 0. The molecule has 0 unspecified atom stereocenters. The minimum atomic E-state index is -0.322. The maximum Gasteiger partial charge on any atom is 0.357 e. The number of carbonyl (C=O) groups excluding carboxylic acids is 1. The van der Waals surface area contributed by atoms with Crippen LogP contribution < -0.4 is 0 Å². The van der Waals surface area contributed by atoms with Gasteiger partial charge in [-0.25, -0.2) is 9.78 Å². The summed E-state index contributed by atoms with van der Waals surface area (Å²) < 4.78 is 10.2. The summed E-state index contributed by atoms with van der Waals surface area (Å²) in [5.41, 5.74) is 0.438. The fourth-order valence-corrected chi connectivity index (χ4v) is 2.68.